The average Bonchev–Trinajstić information content (AvgIpc) is 2.42. The number of hydrogen-bond donors (Lipinski definition) is 1. The van der Waals surface area contributed by atoms with E-state index in [-0.39, 0.29) is 5.91 Å². The Morgan fingerprint density at radius 3 is 2.47 bits per heavy atom. The van der Waals surface area contributed by atoms with Gasteiger partial charge in [-0.15, -0.1) is 0 Å². The van der Waals surface area contributed by atoms with Gasteiger partial charge in [0.05, 0.1) is 5.02 Å². The molecule has 0 saturated carbocycles. The van der Waals surface area contributed by atoms with Crippen molar-refractivity contribution in [1.82, 2.24) is 0 Å². The zero-order valence-electron chi connectivity index (χ0n) is 10.4. The first-order chi connectivity index (χ1) is 9.10. The van der Waals surface area contributed by atoms with Crippen LogP contribution in [0.2, 0.25) is 5.02 Å². The second kappa shape index (κ2) is 6.22. The van der Waals surface area contributed by atoms with Crippen molar-refractivity contribution in [2.75, 3.05) is 5.32 Å². The van der Waals surface area contributed by atoms with Crippen molar-refractivity contribution >= 4 is 39.1 Å². The molecule has 1 amide bonds. The van der Waals surface area contributed by atoms with Crippen LogP contribution in [0, 0.1) is 0 Å². The van der Waals surface area contributed by atoms with Gasteiger partial charge in [-0.1, -0.05) is 30.7 Å². The van der Waals surface area contributed by atoms with Gasteiger partial charge in [-0.3, -0.25) is 4.79 Å². The number of carbonyl (C=O) groups is 1. The maximum Gasteiger partial charge on any atom is 0.255 e. The molecule has 0 aliphatic heterocycles. The van der Waals surface area contributed by atoms with Gasteiger partial charge in [0.1, 0.15) is 0 Å². The van der Waals surface area contributed by atoms with Crippen LogP contribution in [-0.2, 0) is 6.42 Å². The topological polar surface area (TPSA) is 29.1 Å². The predicted molar refractivity (Wildman–Crippen MR) is 82.9 cm³/mol. The zero-order chi connectivity index (χ0) is 13.8. The Balaban J connectivity index is 2.13. The highest BCUT2D eigenvalue weighted by Gasteiger charge is 2.08. The van der Waals surface area contributed by atoms with Gasteiger partial charge in [-0.25, -0.2) is 0 Å². The standard InChI is InChI=1S/C15H13BrClNO/c1-2-10-3-6-12(7-4-10)18-15(19)11-5-8-14(17)13(16)9-11/h3-9H,2H2,1H3,(H,18,19). The molecular weight excluding hydrogens is 326 g/mol. The van der Waals surface area contributed by atoms with Crippen molar-refractivity contribution in [3.05, 3.63) is 63.1 Å². The molecule has 0 aliphatic rings. The van der Waals surface area contributed by atoms with E-state index in [1.807, 2.05) is 24.3 Å². The van der Waals surface area contributed by atoms with Gasteiger partial charge in [-0.2, -0.15) is 0 Å². The third-order valence-electron chi connectivity index (χ3n) is 2.80. The predicted octanol–water partition coefficient (Wildman–Crippen LogP) is 4.92. The lowest BCUT2D eigenvalue weighted by Gasteiger charge is -2.07. The fourth-order valence-corrected chi connectivity index (χ4v) is 2.16. The fourth-order valence-electron chi connectivity index (χ4n) is 1.66. The van der Waals surface area contributed by atoms with Crippen molar-refractivity contribution in [2.45, 2.75) is 13.3 Å². The van der Waals surface area contributed by atoms with Crippen LogP contribution in [0.15, 0.2) is 46.9 Å². The highest BCUT2D eigenvalue weighted by atomic mass is 79.9. The molecule has 0 aliphatic carbocycles. The van der Waals surface area contributed by atoms with E-state index < -0.39 is 0 Å². The molecule has 1 N–H and O–H groups in total. The second-order valence-electron chi connectivity index (χ2n) is 4.13. The second-order valence-corrected chi connectivity index (χ2v) is 5.40. The molecule has 0 radical (unpaired) electrons. The average molecular weight is 339 g/mol. The Kier molecular flexibility index (Phi) is 4.61. The Bertz CT molecular complexity index is 596. The summed E-state index contributed by atoms with van der Waals surface area (Å²) in [6, 6.07) is 12.9. The molecule has 0 fully saturated rings. The SMILES string of the molecule is CCc1ccc(NC(=O)c2ccc(Cl)c(Br)c2)cc1. The largest absolute Gasteiger partial charge is 0.322 e. The van der Waals surface area contributed by atoms with Gasteiger partial charge in [0.15, 0.2) is 0 Å². The lowest BCUT2D eigenvalue weighted by Crippen LogP contribution is -2.11. The Labute approximate surface area is 125 Å². The van der Waals surface area contributed by atoms with Crippen LogP contribution in [0.3, 0.4) is 0 Å². The summed E-state index contributed by atoms with van der Waals surface area (Å²) >= 11 is 9.21. The van der Waals surface area contributed by atoms with Crippen LogP contribution in [0.25, 0.3) is 0 Å². The normalized spacial score (nSPS) is 10.3. The van der Waals surface area contributed by atoms with Crippen LogP contribution in [0.1, 0.15) is 22.8 Å². The van der Waals surface area contributed by atoms with E-state index in [1.54, 1.807) is 18.2 Å². The van der Waals surface area contributed by atoms with Crippen molar-refractivity contribution in [3.63, 3.8) is 0 Å². The number of anilines is 1. The first-order valence-electron chi connectivity index (χ1n) is 5.95. The lowest BCUT2D eigenvalue weighted by molar-refractivity contribution is 0.102. The highest BCUT2D eigenvalue weighted by Crippen LogP contribution is 2.23. The van der Waals surface area contributed by atoms with E-state index in [0.717, 1.165) is 12.1 Å². The highest BCUT2D eigenvalue weighted by molar-refractivity contribution is 9.10. The fraction of sp³-hybridized carbons (Fsp3) is 0.133. The summed E-state index contributed by atoms with van der Waals surface area (Å²) in [5, 5.41) is 3.44. The number of nitrogens with one attached hydrogen (secondary N) is 1. The maximum absolute atomic E-state index is 12.1. The summed E-state index contributed by atoms with van der Waals surface area (Å²) in [7, 11) is 0. The Hall–Kier alpha value is -1.32. The molecule has 0 spiro atoms. The molecule has 0 heterocycles. The molecule has 0 saturated heterocycles. The van der Waals surface area contributed by atoms with Gasteiger partial charge in [0, 0.05) is 15.7 Å². The minimum Gasteiger partial charge on any atom is -0.322 e. The van der Waals surface area contributed by atoms with Crippen molar-refractivity contribution in [2.24, 2.45) is 0 Å². The van der Waals surface area contributed by atoms with E-state index in [0.29, 0.717) is 15.1 Å². The minimum absolute atomic E-state index is 0.151. The van der Waals surface area contributed by atoms with Gasteiger partial charge in [0.2, 0.25) is 0 Å². The van der Waals surface area contributed by atoms with Crippen LogP contribution in [0.5, 0.6) is 0 Å². The summed E-state index contributed by atoms with van der Waals surface area (Å²) in [5.41, 5.74) is 2.59. The van der Waals surface area contributed by atoms with Crippen LogP contribution >= 0.6 is 27.5 Å². The quantitative estimate of drug-likeness (QED) is 0.846. The molecule has 0 unspecified atom stereocenters. The molecule has 19 heavy (non-hydrogen) atoms. The molecule has 0 atom stereocenters. The molecule has 0 bridgehead atoms. The monoisotopic (exact) mass is 337 g/mol. The number of hydrogen-bond acceptors (Lipinski definition) is 1. The van der Waals surface area contributed by atoms with Crippen molar-refractivity contribution < 1.29 is 4.79 Å². The smallest absolute Gasteiger partial charge is 0.255 e. The Morgan fingerprint density at radius 1 is 1.21 bits per heavy atom. The summed E-state index contributed by atoms with van der Waals surface area (Å²) in [5.74, 6) is -0.151. The number of benzene rings is 2. The number of amides is 1. The van der Waals surface area contributed by atoms with Gasteiger partial charge < -0.3 is 5.32 Å². The summed E-state index contributed by atoms with van der Waals surface area (Å²) < 4.78 is 0.711. The molecular formula is C15H13BrClNO. The lowest BCUT2D eigenvalue weighted by atomic mass is 10.1. The first kappa shape index (κ1) is 14.1. The Morgan fingerprint density at radius 2 is 1.89 bits per heavy atom. The van der Waals surface area contributed by atoms with E-state index in [4.69, 9.17) is 11.6 Å². The van der Waals surface area contributed by atoms with E-state index >= 15 is 0 Å². The van der Waals surface area contributed by atoms with E-state index in [2.05, 4.69) is 28.2 Å². The van der Waals surface area contributed by atoms with Crippen LogP contribution in [0.4, 0.5) is 5.69 Å². The third kappa shape index (κ3) is 3.58. The summed E-state index contributed by atoms with van der Waals surface area (Å²) in [4.78, 5) is 12.1. The molecule has 2 aromatic rings. The number of halogens is 2. The summed E-state index contributed by atoms with van der Waals surface area (Å²) in [6.45, 7) is 2.10. The zero-order valence-corrected chi connectivity index (χ0v) is 12.8. The first-order valence-corrected chi connectivity index (χ1v) is 7.12. The van der Waals surface area contributed by atoms with Gasteiger partial charge in [0.25, 0.3) is 5.91 Å². The van der Waals surface area contributed by atoms with Gasteiger partial charge in [-0.05, 0) is 58.2 Å². The maximum atomic E-state index is 12.1. The van der Waals surface area contributed by atoms with Crippen LogP contribution < -0.4 is 5.32 Å². The van der Waals surface area contributed by atoms with Crippen molar-refractivity contribution in [1.29, 1.82) is 0 Å². The molecule has 0 aromatic heterocycles. The van der Waals surface area contributed by atoms with Crippen LogP contribution in [-0.4, -0.2) is 5.91 Å². The summed E-state index contributed by atoms with van der Waals surface area (Å²) in [6.07, 6.45) is 0.984. The third-order valence-corrected chi connectivity index (χ3v) is 4.02. The number of rotatable bonds is 3. The number of aryl methyl sites for hydroxylation is 1. The van der Waals surface area contributed by atoms with Crippen molar-refractivity contribution in [3.8, 4) is 0 Å². The van der Waals surface area contributed by atoms with Gasteiger partial charge >= 0.3 is 0 Å². The van der Waals surface area contributed by atoms with E-state index in [1.165, 1.54) is 5.56 Å². The molecule has 2 aromatic carbocycles. The molecule has 2 nitrogen and oxygen atoms in total. The minimum atomic E-state index is -0.151. The van der Waals surface area contributed by atoms with E-state index in [9.17, 15) is 4.79 Å². The molecule has 2 rings (SSSR count). The molecule has 98 valence electrons. The number of carbonyl (C=O) groups excluding carboxylic acids is 1. The molecule has 4 heteroatoms.